The number of carbonyl (C=O) groups is 1. The molecule has 1 aromatic carbocycles. The van der Waals surface area contributed by atoms with Crippen molar-refractivity contribution in [3.8, 4) is 6.07 Å². The van der Waals surface area contributed by atoms with E-state index in [1.54, 1.807) is 17.0 Å². The fourth-order valence-electron chi connectivity index (χ4n) is 6.18. The molecular weight excluding hydrogens is 441 g/mol. The van der Waals surface area contributed by atoms with Crippen LogP contribution in [0.15, 0.2) is 36.5 Å². The standard InChI is InChI=1S/C26H27F3N4O/c27-26(28,29)21-10-19-16-33(9-7-23(19)32-15-21)24(34)25-8-1-2-20(25)11-22(12-25)31-14-18-5-3-17(13-30)4-6-18/h3-6,10,15,20,22,31H,1-2,7-9,11-12,14,16H2. The minimum absolute atomic E-state index is 0.0979. The van der Waals surface area contributed by atoms with Crippen molar-refractivity contribution in [2.75, 3.05) is 6.54 Å². The van der Waals surface area contributed by atoms with E-state index >= 15 is 0 Å². The third-order valence-electron chi connectivity index (χ3n) is 7.89. The Morgan fingerprint density at radius 2 is 2.09 bits per heavy atom. The molecule has 34 heavy (non-hydrogen) atoms. The first kappa shape index (κ1) is 22.9. The molecular formula is C26H27F3N4O. The summed E-state index contributed by atoms with van der Waals surface area (Å²) in [5.74, 6) is 0.403. The lowest BCUT2D eigenvalue weighted by Crippen LogP contribution is -2.46. The van der Waals surface area contributed by atoms with Gasteiger partial charge in [0, 0.05) is 44.0 Å². The first-order chi connectivity index (χ1) is 16.3. The minimum Gasteiger partial charge on any atom is -0.337 e. The molecule has 2 saturated carbocycles. The molecule has 0 spiro atoms. The summed E-state index contributed by atoms with van der Waals surface area (Å²) in [5.41, 5.74) is 1.71. The molecule has 3 aliphatic rings. The molecule has 2 aliphatic carbocycles. The lowest BCUT2D eigenvalue weighted by molar-refractivity contribution is -0.144. The van der Waals surface area contributed by atoms with Gasteiger partial charge in [-0.25, -0.2) is 0 Å². The largest absolute Gasteiger partial charge is 0.417 e. The van der Waals surface area contributed by atoms with Crippen molar-refractivity contribution in [3.63, 3.8) is 0 Å². The number of carbonyl (C=O) groups excluding carboxylic acids is 1. The zero-order valence-corrected chi connectivity index (χ0v) is 18.9. The van der Waals surface area contributed by atoms with Crippen molar-refractivity contribution < 1.29 is 18.0 Å². The number of alkyl halides is 3. The molecule has 1 aliphatic heterocycles. The van der Waals surface area contributed by atoms with Gasteiger partial charge in [0.2, 0.25) is 5.91 Å². The summed E-state index contributed by atoms with van der Waals surface area (Å²) in [6.07, 6.45) is 1.51. The van der Waals surface area contributed by atoms with Crippen LogP contribution in [0.3, 0.4) is 0 Å². The monoisotopic (exact) mass is 468 g/mol. The molecule has 3 unspecified atom stereocenters. The number of benzene rings is 1. The maximum Gasteiger partial charge on any atom is 0.417 e. The molecule has 1 amide bonds. The van der Waals surface area contributed by atoms with Crippen LogP contribution in [-0.4, -0.2) is 28.4 Å². The Hall–Kier alpha value is -2.92. The quantitative estimate of drug-likeness (QED) is 0.712. The number of rotatable bonds is 4. The summed E-state index contributed by atoms with van der Waals surface area (Å²) in [7, 11) is 0. The molecule has 0 saturated heterocycles. The van der Waals surface area contributed by atoms with Crippen molar-refractivity contribution in [3.05, 3.63) is 64.5 Å². The van der Waals surface area contributed by atoms with Gasteiger partial charge in [0.15, 0.2) is 0 Å². The number of halogens is 3. The van der Waals surface area contributed by atoms with E-state index < -0.39 is 17.2 Å². The van der Waals surface area contributed by atoms with Crippen LogP contribution in [0.1, 0.15) is 60.1 Å². The van der Waals surface area contributed by atoms with Gasteiger partial charge in [-0.05, 0) is 60.9 Å². The molecule has 0 bridgehead atoms. The zero-order chi connectivity index (χ0) is 23.9. The third kappa shape index (κ3) is 4.18. The van der Waals surface area contributed by atoms with E-state index in [2.05, 4.69) is 16.4 Å². The number of amides is 1. The molecule has 1 aromatic heterocycles. The van der Waals surface area contributed by atoms with Gasteiger partial charge in [-0.3, -0.25) is 9.78 Å². The maximum atomic E-state index is 13.8. The van der Waals surface area contributed by atoms with E-state index in [4.69, 9.17) is 5.26 Å². The Morgan fingerprint density at radius 3 is 2.82 bits per heavy atom. The SMILES string of the molecule is N#Cc1ccc(CNC2CC3CCCC3(C(=O)N3CCc4ncc(C(F)(F)F)cc4C3)C2)cc1. The first-order valence-corrected chi connectivity index (χ1v) is 11.9. The van der Waals surface area contributed by atoms with Crippen molar-refractivity contribution in [1.29, 1.82) is 5.26 Å². The molecule has 8 heteroatoms. The molecule has 5 rings (SSSR count). The smallest absolute Gasteiger partial charge is 0.337 e. The van der Waals surface area contributed by atoms with E-state index in [-0.39, 0.29) is 18.5 Å². The van der Waals surface area contributed by atoms with Gasteiger partial charge in [0.25, 0.3) is 0 Å². The number of fused-ring (bicyclic) bond motifs is 2. The van der Waals surface area contributed by atoms with Gasteiger partial charge in [0.1, 0.15) is 0 Å². The molecule has 5 nitrogen and oxygen atoms in total. The minimum atomic E-state index is -4.44. The van der Waals surface area contributed by atoms with Crippen LogP contribution in [-0.2, 0) is 30.5 Å². The van der Waals surface area contributed by atoms with Crippen LogP contribution < -0.4 is 5.32 Å². The Morgan fingerprint density at radius 1 is 1.29 bits per heavy atom. The number of nitrogens with one attached hydrogen (secondary N) is 1. The van der Waals surface area contributed by atoms with Gasteiger partial charge in [-0.2, -0.15) is 18.4 Å². The normalized spacial score (nSPS) is 26.1. The highest BCUT2D eigenvalue weighted by Gasteiger charge is 2.56. The molecule has 0 radical (unpaired) electrons. The van der Waals surface area contributed by atoms with Gasteiger partial charge >= 0.3 is 6.18 Å². The number of nitriles is 1. The Labute approximate surface area is 197 Å². The van der Waals surface area contributed by atoms with Crippen LogP contribution in [0.2, 0.25) is 0 Å². The van der Waals surface area contributed by atoms with E-state index in [9.17, 15) is 18.0 Å². The molecule has 2 aromatic rings. The number of aromatic nitrogens is 1. The predicted molar refractivity (Wildman–Crippen MR) is 119 cm³/mol. The lowest BCUT2D eigenvalue weighted by Gasteiger charge is -2.37. The average molecular weight is 469 g/mol. The second-order valence-electron chi connectivity index (χ2n) is 9.88. The van der Waals surface area contributed by atoms with Crippen LogP contribution in [0.25, 0.3) is 0 Å². The van der Waals surface area contributed by atoms with Crippen LogP contribution in [0.4, 0.5) is 13.2 Å². The maximum absolute atomic E-state index is 13.8. The van der Waals surface area contributed by atoms with Gasteiger partial charge in [0.05, 0.1) is 22.6 Å². The molecule has 178 valence electrons. The predicted octanol–water partition coefficient (Wildman–Crippen LogP) is 4.60. The highest BCUT2D eigenvalue weighted by molar-refractivity contribution is 5.84. The molecule has 1 N–H and O–H groups in total. The lowest BCUT2D eigenvalue weighted by atomic mass is 9.78. The summed E-state index contributed by atoms with van der Waals surface area (Å²) < 4.78 is 39.5. The van der Waals surface area contributed by atoms with E-state index in [1.807, 2.05) is 12.1 Å². The highest BCUT2D eigenvalue weighted by Crippen LogP contribution is 2.55. The molecule has 2 fully saturated rings. The summed E-state index contributed by atoms with van der Waals surface area (Å²) in [6.45, 7) is 1.38. The molecule has 2 heterocycles. The fourth-order valence-corrected chi connectivity index (χ4v) is 6.18. The highest BCUT2D eigenvalue weighted by atomic mass is 19.4. The third-order valence-corrected chi connectivity index (χ3v) is 7.89. The summed E-state index contributed by atoms with van der Waals surface area (Å²) in [5, 5.41) is 12.6. The number of hydrogen-bond acceptors (Lipinski definition) is 4. The first-order valence-electron chi connectivity index (χ1n) is 11.9. The van der Waals surface area contributed by atoms with Crippen molar-refractivity contribution in [1.82, 2.24) is 15.2 Å². The fraction of sp³-hybridized carbons (Fsp3) is 0.500. The van der Waals surface area contributed by atoms with Crippen molar-refractivity contribution in [2.45, 2.75) is 63.8 Å². The topological polar surface area (TPSA) is 69.0 Å². The van der Waals surface area contributed by atoms with E-state index in [1.165, 1.54) is 0 Å². The van der Waals surface area contributed by atoms with Gasteiger partial charge < -0.3 is 10.2 Å². The average Bonchev–Trinajstić information content (AvgIpc) is 3.39. The summed E-state index contributed by atoms with van der Waals surface area (Å²) in [4.78, 5) is 19.6. The van der Waals surface area contributed by atoms with E-state index in [0.717, 1.165) is 49.9 Å². The van der Waals surface area contributed by atoms with Gasteiger partial charge in [-0.1, -0.05) is 18.6 Å². The Balaban J connectivity index is 1.28. The van der Waals surface area contributed by atoms with Crippen LogP contribution in [0.5, 0.6) is 0 Å². The second-order valence-corrected chi connectivity index (χ2v) is 9.88. The van der Waals surface area contributed by atoms with Crippen molar-refractivity contribution >= 4 is 5.91 Å². The number of hydrogen-bond donors (Lipinski definition) is 1. The second kappa shape index (κ2) is 8.70. The van der Waals surface area contributed by atoms with Crippen molar-refractivity contribution in [2.24, 2.45) is 11.3 Å². The van der Waals surface area contributed by atoms with Crippen LogP contribution >= 0.6 is 0 Å². The Bertz CT molecular complexity index is 1120. The Kier molecular flexibility index (Phi) is 5.85. The molecule has 3 atom stereocenters. The number of nitrogens with zero attached hydrogens (tertiary/aromatic N) is 3. The zero-order valence-electron chi connectivity index (χ0n) is 18.9. The van der Waals surface area contributed by atoms with Crippen LogP contribution in [0, 0.1) is 22.7 Å². The number of pyridine rings is 1. The van der Waals surface area contributed by atoms with Gasteiger partial charge in [-0.15, -0.1) is 0 Å². The van der Waals surface area contributed by atoms with E-state index in [0.29, 0.717) is 42.2 Å². The summed E-state index contributed by atoms with van der Waals surface area (Å²) in [6, 6.07) is 11.0. The summed E-state index contributed by atoms with van der Waals surface area (Å²) >= 11 is 0.